The van der Waals surface area contributed by atoms with E-state index in [9.17, 15) is 4.79 Å². The fraction of sp³-hybridized carbons (Fsp3) is 0.632. The van der Waals surface area contributed by atoms with Crippen LogP contribution in [0.2, 0.25) is 0 Å². The Labute approximate surface area is 146 Å². The minimum absolute atomic E-state index is 0.106. The van der Waals surface area contributed by atoms with E-state index in [0.29, 0.717) is 23.6 Å². The van der Waals surface area contributed by atoms with Gasteiger partial charge in [-0.05, 0) is 45.1 Å². The molecule has 6 nitrogen and oxygen atoms in total. The molecule has 1 amide bonds. The molecule has 0 radical (unpaired) electrons. The topological polar surface area (TPSA) is 68.5 Å². The number of carbonyl (C=O) groups is 1. The third kappa shape index (κ3) is 2.82. The molecule has 2 aromatic heterocycles. The maximum absolute atomic E-state index is 13.5. The summed E-state index contributed by atoms with van der Waals surface area (Å²) >= 11 is 0. The smallest absolute Gasteiger partial charge is 0.259 e. The molecule has 0 bridgehead atoms. The first-order chi connectivity index (χ1) is 12.2. The predicted molar refractivity (Wildman–Crippen MR) is 91.5 cm³/mol. The lowest BCUT2D eigenvalue weighted by Crippen LogP contribution is -2.37. The summed E-state index contributed by atoms with van der Waals surface area (Å²) < 4.78 is 10.9. The Bertz CT molecular complexity index is 817. The quantitative estimate of drug-likeness (QED) is 0.836. The molecule has 1 saturated heterocycles. The van der Waals surface area contributed by atoms with Crippen LogP contribution in [0.1, 0.15) is 59.8 Å². The van der Waals surface area contributed by atoms with Crippen molar-refractivity contribution in [3.63, 3.8) is 0 Å². The zero-order valence-electron chi connectivity index (χ0n) is 14.5. The van der Waals surface area contributed by atoms with Crippen LogP contribution in [0.3, 0.4) is 0 Å². The number of aryl methyl sites for hydroxylation is 1. The molecule has 2 saturated carbocycles. The van der Waals surface area contributed by atoms with Crippen LogP contribution in [-0.2, 0) is 4.74 Å². The van der Waals surface area contributed by atoms with Gasteiger partial charge in [-0.2, -0.15) is 0 Å². The van der Waals surface area contributed by atoms with Crippen molar-refractivity contribution >= 4 is 17.0 Å². The second kappa shape index (κ2) is 5.80. The van der Waals surface area contributed by atoms with E-state index in [1.165, 1.54) is 0 Å². The molecule has 2 aromatic rings. The Kier molecular flexibility index (Phi) is 3.55. The molecule has 132 valence electrons. The lowest BCUT2D eigenvalue weighted by molar-refractivity contribution is 0.0708. The number of amides is 1. The molecular formula is C19H23N3O3. The molecule has 0 N–H and O–H groups in total. The summed E-state index contributed by atoms with van der Waals surface area (Å²) in [6, 6.07) is 2.37. The molecule has 6 heteroatoms. The van der Waals surface area contributed by atoms with Gasteiger partial charge in [0.25, 0.3) is 11.6 Å². The van der Waals surface area contributed by atoms with Gasteiger partial charge in [0, 0.05) is 36.7 Å². The first-order valence-corrected chi connectivity index (χ1v) is 9.36. The summed E-state index contributed by atoms with van der Waals surface area (Å²) in [6.45, 7) is 4.25. The number of rotatable bonds is 5. The predicted octanol–water partition coefficient (Wildman–Crippen LogP) is 3.05. The second-order valence-corrected chi connectivity index (χ2v) is 7.74. The van der Waals surface area contributed by atoms with Crippen molar-refractivity contribution in [3.8, 4) is 0 Å². The molecule has 3 heterocycles. The van der Waals surface area contributed by atoms with E-state index >= 15 is 0 Å². The average molecular weight is 341 g/mol. The normalized spacial score (nSPS) is 23.3. The first-order valence-electron chi connectivity index (χ1n) is 9.36. The average Bonchev–Trinajstić information content (AvgIpc) is 3.55. The Balaban J connectivity index is 1.53. The summed E-state index contributed by atoms with van der Waals surface area (Å²) in [7, 11) is 0. The van der Waals surface area contributed by atoms with Gasteiger partial charge in [-0.15, -0.1) is 0 Å². The van der Waals surface area contributed by atoms with Gasteiger partial charge in [0.15, 0.2) is 0 Å². The van der Waals surface area contributed by atoms with Gasteiger partial charge >= 0.3 is 0 Å². The Morgan fingerprint density at radius 2 is 2.12 bits per heavy atom. The molecule has 5 rings (SSSR count). The van der Waals surface area contributed by atoms with Gasteiger partial charge in [-0.25, -0.2) is 4.98 Å². The lowest BCUT2D eigenvalue weighted by atomic mass is 10.0. The number of hydrogen-bond donors (Lipinski definition) is 0. The largest absolute Gasteiger partial charge is 0.381 e. The van der Waals surface area contributed by atoms with Crippen LogP contribution in [0.25, 0.3) is 11.1 Å². The highest BCUT2D eigenvalue weighted by Crippen LogP contribution is 2.41. The number of ether oxygens (including phenoxy) is 1. The van der Waals surface area contributed by atoms with E-state index < -0.39 is 0 Å². The van der Waals surface area contributed by atoms with Crippen molar-refractivity contribution in [2.75, 3.05) is 19.8 Å². The van der Waals surface area contributed by atoms with Crippen molar-refractivity contribution in [2.24, 2.45) is 5.92 Å². The van der Waals surface area contributed by atoms with Crippen LogP contribution < -0.4 is 0 Å². The number of fused-ring (bicyclic) bond motifs is 1. The zero-order valence-corrected chi connectivity index (χ0v) is 14.5. The van der Waals surface area contributed by atoms with Crippen LogP contribution in [0.4, 0.5) is 0 Å². The minimum atomic E-state index is 0.106. The fourth-order valence-corrected chi connectivity index (χ4v) is 3.81. The number of nitrogens with zero attached hydrogens (tertiary/aromatic N) is 3. The van der Waals surface area contributed by atoms with Gasteiger partial charge in [-0.1, -0.05) is 5.16 Å². The van der Waals surface area contributed by atoms with E-state index in [1.807, 2.05) is 13.0 Å². The minimum Gasteiger partial charge on any atom is -0.381 e. The molecule has 0 spiro atoms. The highest BCUT2D eigenvalue weighted by Gasteiger charge is 2.37. The van der Waals surface area contributed by atoms with Crippen molar-refractivity contribution in [2.45, 2.75) is 51.0 Å². The lowest BCUT2D eigenvalue weighted by Gasteiger charge is -2.25. The van der Waals surface area contributed by atoms with E-state index in [1.54, 1.807) is 0 Å². The van der Waals surface area contributed by atoms with Gasteiger partial charge < -0.3 is 14.2 Å². The summed E-state index contributed by atoms with van der Waals surface area (Å²) in [6.07, 6.45) is 5.54. The summed E-state index contributed by atoms with van der Waals surface area (Å²) in [5.41, 5.74) is 2.95. The molecule has 25 heavy (non-hydrogen) atoms. The number of hydrogen-bond acceptors (Lipinski definition) is 5. The molecule has 1 aliphatic heterocycles. The maximum atomic E-state index is 13.5. The fourth-order valence-electron chi connectivity index (χ4n) is 3.81. The molecule has 0 unspecified atom stereocenters. The van der Waals surface area contributed by atoms with Crippen LogP contribution in [0, 0.1) is 12.8 Å². The number of carbonyl (C=O) groups excluding carboxylic acids is 1. The molecule has 2 aliphatic carbocycles. The number of aromatic nitrogens is 2. The number of pyridine rings is 1. The molecule has 3 fully saturated rings. The van der Waals surface area contributed by atoms with Gasteiger partial charge in [0.05, 0.1) is 23.3 Å². The van der Waals surface area contributed by atoms with E-state index in [-0.39, 0.29) is 5.91 Å². The second-order valence-electron chi connectivity index (χ2n) is 7.74. The maximum Gasteiger partial charge on any atom is 0.259 e. The Morgan fingerprint density at radius 1 is 1.28 bits per heavy atom. The Morgan fingerprint density at radius 3 is 2.80 bits per heavy atom. The van der Waals surface area contributed by atoms with Gasteiger partial charge in [0.2, 0.25) is 0 Å². The van der Waals surface area contributed by atoms with Gasteiger partial charge in [0.1, 0.15) is 0 Å². The van der Waals surface area contributed by atoms with Crippen LogP contribution in [0.15, 0.2) is 10.6 Å². The first kappa shape index (κ1) is 15.3. The Hall–Kier alpha value is -1.95. The zero-order chi connectivity index (χ0) is 17.0. The standard InChI is InChI=1S/C19H23N3O3/c1-11-17-15(8-16(13-2-3-13)20-18(17)25-21-11)19(23)22(14-4-5-14)9-12-6-7-24-10-12/h8,12-14H,2-7,9-10H2,1H3/t12-/m0/s1. The molecule has 0 aromatic carbocycles. The third-order valence-corrected chi connectivity index (χ3v) is 5.59. The van der Waals surface area contributed by atoms with Gasteiger partial charge in [-0.3, -0.25) is 4.79 Å². The monoisotopic (exact) mass is 341 g/mol. The summed E-state index contributed by atoms with van der Waals surface area (Å²) in [5, 5.41) is 4.83. The SMILES string of the molecule is Cc1noc2nc(C3CC3)cc(C(=O)N(C[C@@H]3CCOC3)C3CC3)c12. The van der Waals surface area contributed by atoms with Crippen molar-refractivity contribution in [1.82, 2.24) is 15.0 Å². The van der Waals surface area contributed by atoms with Crippen molar-refractivity contribution in [3.05, 3.63) is 23.0 Å². The summed E-state index contributed by atoms with van der Waals surface area (Å²) in [5.74, 6) is 1.03. The van der Waals surface area contributed by atoms with Crippen molar-refractivity contribution in [1.29, 1.82) is 0 Å². The highest BCUT2D eigenvalue weighted by molar-refractivity contribution is 6.06. The van der Waals surface area contributed by atoms with E-state index in [4.69, 9.17) is 9.26 Å². The van der Waals surface area contributed by atoms with E-state index in [0.717, 1.165) is 74.2 Å². The molecule has 1 atom stereocenters. The molecule has 3 aliphatic rings. The van der Waals surface area contributed by atoms with Crippen molar-refractivity contribution < 1.29 is 14.1 Å². The van der Waals surface area contributed by atoms with Crippen LogP contribution in [0.5, 0.6) is 0 Å². The third-order valence-electron chi connectivity index (χ3n) is 5.59. The van der Waals surface area contributed by atoms with Crippen LogP contribution >= 0.6 is 0 Å². The van der Waals surface area contributed by atoms with E-state index in [2.05, 4.69) is 15.0 Å². The highest BCUT2D eigenvalue weighted by atomic mass is 16.5. The summed E-state index contributed by atoms with van der Waals surface area (Å²) in [4.78, 5) is 20.1. The van der Waals surface area contributed by atoms with Crippen LogP contribution in [-0.4, -0.2) is 46.7 Å². The molecular weight excluding hydrogens is 318 g/mol.